The molecule has 0 heterocycles. The van der Waals surface area contributed by atoms with Crippen molar-refractivity contribution in [1.82, 2.24) is 4.90 Å². The van der Waals surface area contributed by atoms with Gasteiger partial charge in [0.15, 0.2) is 0 Å². The van der Waals surface area contributed by atoms with Crippen molar-refractivity contribution in [2.45, 2.75) is 44.7 Å². The van der Waals surface area contributed by atoms with E-state index < -0.39 is 11.9 Å². The van der Waals surface area contributed by atoms with Crippen molar-refractivity contribution in [1.29, 1.82) is 5.41 Å². The third-order valence-electron chi connectivity index (χ3n) is 4.49. The molecule has 2 N–H and O–H groups in total. The molecule has 0 bridgehead atoms. The first kappa shape index (κ1) is 21.3. The van der Waals surface area contributed by atoms with Gasteiger partial charge in [-0.05, 0) is 50.3 Å². The molecule has 0 fully saturated rings. The minimum Gasteiger partial charge on any atom is -0.378 e. The molecular formula is C19H23ClF3N3O. The Hall–Kier alpha value is -2.02. The Balaban J connectivity index is 1.91. The van der Waals surface area contributed by atoms with E-state index in [-0.39, 0.29) is 24.3 Å². The maximum absolute atomic E-state index is 12.9. The molecule has 1 aromatic rings. The first-order valence-electron chi connectivity index (χ1n) is 8.83. The van der Waals surface area contributed by atoms with E-state index in [1.165, 1.54) is 0 Å². The number of rotatable bonds is 7. The van der Waals surface area contributed by atoms with E-state index in [0.717, 1.165) is 6.42 Å². The summed E-state index contributed by atoms with van der Waals surface area (Å²) in [6.45, 7) is 0.451. The predicted molar refractivity (Wildman–Crippen MR) is 101 cm³/mol. The van der Waals surface area contributed by atoms with Crippen LogP contribution in [0.15, 0.2) is 35.5 Å². The summed E-state index contributed by atoms with van der Waals surface area (Å²) in [5.74, 6) is -0.174. The molecule has 1 aliphatic rings. The molecule has 8 heteroatoms. The van der Waals surface area contributed by atoms with Crippen LogP contribution in [-0.2, 0) is 4.79 Å². The van der Waals surface area contributed by atoms with Crippen molar-refractivity contribution in [3.05, 3.63) is 40.6 Å². The maximum Gasteiger partial charge on any atom is 0.432 e. The fraction of sp³-hybridized carbons (Fsp3) is 0.474. The Morgan fingerprint density at radius 1 is 1.30 bits per heavy atom. The number of halogens is 4. The molecule has 0 unspecified atom stereocenters. The molecule has 2 rings (SSSR count). The molecule has 4 nitrogen and oxygen atoms in total. The second-order valence-corrected chi connectivity index (χ2v) is 7.03. The highest BCUT2D eigenvalue weighted by molar-refractivity contribution is 6.30. The van der Waals surface area contributed by atoms with Crippen LogP contribution in [0.1, 0.15) is 38.5 Å². The highest BCUT2D eigenvalue weighted by Crippen LogP contribution is 2.32. The van der Waals surface area contributed by atoms with Gasteiger partial charge in [-0.15, -0.1) is 0 Å². The van der Waals surface area contributed by atoms with Crippen LogP contribution >= 0.6 is 11.6 Å². The van der Waals surface area contributed by atoms with Gasteiger partial charge in [0.2, 0.25) is 5.91 Å². The molecule has 1 aliphatic carbocycles. The highest BCUT2D eigenvalue weighted by Gasteiger charge is 2.38. The van der Waals surface area contributed by atoms with Crippen molar-refractivity contribution < 1.29 is 18.0 Å². The van der Waals surface area contributed by atoms with Gasteiger partial charge in [-0.3, -0.25) is 10.2 Å². The number of amides is 1. The minimum absolute atomic E-state index is 0.0830. The number of nitrogens with one attached hydrogen (secondary N) is 2. The van der Waals surface area contributed by atoms with Crippen molar-refractivity contribution >= 4 is 28.9 Å². The Bertz CT molecular complexity index is 731. The number of allylic oxidation sites excluding steroid dienone is 2. The lowest BCUT2D eigenvalue weighted by Crippen LogP contribution is -2.31. The van der Waals surface area contributed by atoms with Crippen LogP contribution in [0.2, 0.25) is 5.02 Å². The Morgan fingerprint density at radius 3 is 2.67 bits per heavy atom. The van der Waals surface area contributed by atoms with Gasteiger partial charge in [0.05, 0.1) is 0 Å². The largest absolute Gasteiger partial charge is 0.432 e. The summed E-state index contributed by atoms with van der Waals surface area (Å²) in [5.41, 5.74) is 0.0120. The van der Waals surface area contributed by atoms with E-state index in [1.807, 2.05) is 0 Å². The third-order valence-corrected chi connectivity index (χ3v) is 4.73. The lowest BCUT2D eigenvalue weighted by molar-refractivity contribution is -0.116. The molecule has 0 aromatic heterocycles. The number of benzene rings is 1. The van der Waals surface area contributed by atoms with E-state index in [2.05, 4.69) is 5.32 Å². The molecule has 0 radical (unpaired) electrons. The number of hydrogen-bond donors (Lipinski definition) is 2. The predicted octanol–water partition coefficient (Wildman–Crippen LogP) is 5.40. The van der Waals surface area contributed by atoms with Gasteiger partial charge in [-0.25, -0.2) is 0 Å². The van der Waals surface area contributed by atoms with Gasteiger partial charge in [0.1, 0.15) is 5.71 Å². The standard InChI is InChI=1S/C19H23ClF3N3O/c1-26(16-9-3-2-8-15(16)18(24)19(21,22)23)11-5-10-17(27)25-14-7-4-6-13(20)12-14/h4,6-7,12,24H,2-3,5,8-11H2,1H3,(H,25,27). The summed E-state index contributed by atoms with van der Waals surface area (Å²) in [6.07, 6.45) is -1.62. The molecule has 0 saturated heterocycles. The van der Waals surface area contributed by atoms with Gasteiger partial charge < -0.3 is 10.2 Å². The topological polar surface area (TPSA) is 56.2 Å². The van der Waals surface area contributed by atoms with Gasteiger partial charge in [0.25, 0.3) is 0 Å². The van der Waals surface area contributed by atoms with Gasteiger partial charge in [-0.2, -0.15) is 13.2 Å². The maximum atomic E-state index is 12.9. The quantitative estimate of drug-likeness (QED) is 0.601. The number of carbonyl (C=O) groups is 1. The Kier molecular flexibility index (Phi) is 7.30. The summed E-state index contributed by atoms with van der Waals surface area (Å²) in [6, 6.07) is 6.82. The summed E-state index contributed by atoms with van der Waals surface area (Å²) in [4.78, 5) is 13.8. The van der Waals surface area contributed by atoms with E-state index in [0.29, 0.717) is 42.2 Å². The van der Waals surface area contributed by atoms with Crippen LogP contribution in [-0.4, -0.2) is 36.3 Å². The van der Waals surface area contributed by atoms with Crippen LogP contribution in [0.4, 0.5) is 18.9 Å². The molecule has 1 amide bonds. The summed E-state index contributed by atoms with van der Waals surface area (Å²) in [5, 5.41) is 10.7. The van der Waals surface area contributed by atoms with Crippen LogP contribution in [0.25, 0.3) is 0 Å². The third kappa shape index (κ3) is 6.27. The molecule has 0 saturated carbocycles. The van der Waals surface area contributed by atoms with E-state index in [9.17, 15) is 18.0 Å². The molecule has 1 aromatic carbocycles. The van der Waals surface area contributed by atoms with Crippen LogP contribution in [0, 0.1) is 5.41 Å². The normalized spacial score (nSPS) is 14.9. The molecule has 27 heavy (non-hydrogen) atoms. The van der Waals surface area contributed by atoms with E-state index in [4.69, 9.17) is 17.0 Å². The second kappa shape index (κ2) is 9.26. The SMILES string of the molecule is CN(CCCC(=O)Nc1cccc(Cl)c1)C1=C(C(=N)C(F)(F)F)CCCC1. The minimum atomic E-state index is -4.63. The molecule has 0 spiro atoms. The van der Waals surface area contributed by atoms with Crippen molar-refractivity contribution in [3.63, 3.8) is 0 Å². The van der Waals surface area contributed by atoms with E-state index >= 15 is 0 Å². The molecule has 148 valence electrons. The molecule has 0 aliphatic heterocycles. The second-order valence-electron chi connectivity index (χ2n) is 6.59. The zero-order valence-electron chi connectivity index (χ0n) is 15.1. The Labute approximate surface area is 161 Å². The van der Waals surface area contributed by atoms with Gasteiger partial charge in [-0.1, -0.05) is 17.7 Å². The van der Waals surface area contributed by atoms with Gasteiger partial charge >= 0.3 is 6.18 Å². The monoisotopic (exact) mass is 401 g/mol. The average Bonchev–Trinajstić information content (AvgIpc) is 2.60. The highest BCUT2D eigenvalue weighted by atomic mass is 35.5. The van der Waals surface area contributed by atoms with Crippen LogP contribution in [0.5, 0.6) is 0 Å². The number of nitrogens with zero attached hydrogens (tertiary/aromatic N) is 1. The fourth-order valence-corrected chi connectivity index (χ4v) is 3.34. The van der Waals surface area contributed by atoms with Crippen molar-refractivity contribution in [3.8, 4) is 0 Å². The van der Waals surface area contributed by atoms with Crippen molar-refractivity contribution in [2.24, 2.45) is 0 Å². The summed E-state index contributed by atoms with van der Waals surface area (Å²) >= 11 is 5.87. The van der Waals surface area contributed by atoms with Gasteiger partial charge in [0, 0.05) is 42.0 Å². The van der Waals surface area contributed by atoms with Crippen molar-refractivity contribution in [2.75, 3.05) is 18.9 Å². The fourth-order valence-electron chi connectivity index (χ4n) is 3.15. The number of carbonyl (C=O) groups excluding carboxylic acids is 1. The summed E-state index contributed by atoms with van der Waals surface area (Å²) < 4.78 is 38.8. The zero-order valence-corrected chi connectivity index (χ0v) is 15.9. The number of alkyl halides is 3. The Morgan fingerprint density at radius 2 is 2.00 bits per heavy atom. The lowest BCUT2D eigenvalue weighted by atomic mass is 9.92. The average molecular weight is 402 g/mol. The zero-order chi connectivity index (χ0) is 20.0. The number of anilines is 1. The summed E-state index contributed by atoms with van der Waals surface area (Å²) in [7, 11) is 1.72. The lowest BCUT2D eigenvalue weighted by Gasteiger charge is -2.30. The molecular weight excluding hydrogens is 379 g/mol. The van der Waals surface area contributed by atoms with E-state index in [1.54, 1.807) is 36.2 Å². The smallest absolute Gasteiger partial charge is 0.378 e. The van der Waals surface area contributed by atoms with Crippen LogP contribution < -0.4 is 5.32 Å². The first-order chi connectivity index (χ1) is 12.7. The van der Waals surface area contributed by atoms with Crippen LogP contribution in [0.3, 0.4) is 0 Å². The molecule has 0 atom stereocenters. The number of hydrogen-bond acceptors (Lipinski definition) is 3. The first-order valence-corrected chi connectivity index (χ1v) is 9.21.